The maximum Gasteiger partial charge on any atom is 0.333 e. The fourth-order valence-electron chi connectivity index (χ4n) is 2.14. The van der Waals surface area contributed by atoms with E-state index in [4.69, 9.17) is 14.9 Å². The van der Waals surface area contributed by atoms with Gasteiger partial charge in [-0.15, -0.1) is 0 Å². The molecular formula is C11H16N2O7. The first kappa shape index (κ1) is 14.9. The van der Waals surface area contributed by atoms with E-state index in [0.29, 0.717) is 0 Å². The van der Waals surface area contributed by atoms with E-state index in [1.807, 2.05) is 0 Å². The van der Waals surface area contributed by atoms with Gasteiger partial charge in [0.15, 0.2) is 6.23 Å². The lowest BCUT2D eigenvalue weighted by Crippen LogP contribution is -2.43. The summed E-state index contributed by atoms with van der Waals surface area (Å²) in [5, 5.41) is 37.3. The van der Waals surface area contributed by atoms with E-state index in [2.05, 4.69) is 0 Å². The lowest BCUT2D eigenvalue weighted by Gasteiger charge is -2.18. The molecule has 1 aliphatic heterocycles. The molecule has 0 bridgehead atoms. The topological polar surface area (TPSA) is 134 Å². The van der Waals surface area contributed by atoms with Gasteiger partial charge in [0.1, 0.15) is 18.3 Å². The summed E-state index contributed by atoms with van der Waals surface area (Å²) in [5.74, 6) is 0. The molecule has 0 aromatic carbocycles. The minimum Gasteiger partial charge on any atom is -0.395 e. The molecule has 4 N–H and O–H groups in total. The monoisotopic (exact) mass is 288 g/mol. The Morgan fingerprint density at radius 1 is 1.20 bits per heavy atom. The zero-order chi connectivity index (χ0) is 14.9. The van der Waals surface area contributed by atoms with Crippen LogP contribution in [-0.4, -0.2) is 61.1 Å². The van der Waals surface area contributed by atoms with Crippen LogP contribution >= 0.6 is 0 Å². The molecule has 9 heteroatoms. The van der Waals surface area contributed by atoms with E-state index in [9.17, 15) is 19.8 Å². The van der Waals surface area contributed by atoms with Crippen LogP contribution in [0.3, 0.4) is 0 Å². The summed E-state index contributed by atoms with van der Waals surface area (Å²) in [5.41, 5.74) is -1.37. The second-order valence-corrected chi connectivity index (χ2v) is 4.45. The molecule has 4 atom stereocenters. The van der Waals surface area contributed by atoms with Crippen molar-refractivity contribution in [2.45, 2.75) is 31.1 Å². The van der Waals surface area contributed by atoms with Gasteiger partial charge in [-0.3, -0.25) is 13.9 Å². The highest BCUT2D eigenvalue weighted by Gasteiger charge is 2.43. The Bertz CT molecular complexity index is 581. The Labute approximate surface area is 112 Å². The van der Waals surface area contributed by atoms with Crippen molar-refractivity contribution in [1.82, 2.24) is 9.13 Å². The average Bonchev–Trinajstić information content (AvgIpc) is 2.71. The number of aliphatic hydroxyl groups is 4. The van der Waals surface area contributed by atoms with Crippen molar-refractivity contribution in [1.29, 1.82) is 0 Å². The molecule has 0 aliphatic carbocycles. The fraction of sp³-hybridized carbons (Fsp3) is 0.636. The molecule has 0 radical (unpaired) electrons. The summed E-state index contributed by atoms with van der Waals surface area (Å²) < 4.78 is 6.94. The molecule has 1 saturated heterocycles. The first-order chi connectivity index (χ1) is 9.51. The summed E-state index contributed by atoms with van der Waals surface area (Å²) >= 11 is 0. The number of aliphatic hydroxyl groups excluding tert-OH is 4. The van der Waals surface area contributed by atoms with E-state index in [1.165, 1.54) is 0 Å². The van der Waals surface area contributed by atoms with Crippen molar-refractivity contribution in [2.24, 2.45) is 0 Å². The highest BCUT2D eigenvalue weighted by Crippen LogP contribution is 2.27. The van der Waals surface area contributed by atoms with Crippen LogP contribution in [0.5, 0.6) is 0 Å². The number of aromatic nitrogens is 2. The minimum absolute atomic E-state index is 0.187. The third-order valence-electron chi connectivity index (χ3n) is 3.21. The van der Waals surface area contributed by atoms with Crippen LogP contribution in [0.4, 0.5) is 0 Å². The Morgan fingerprint density at radius 2 is 1.90 bits per heavy atom. The van der Waals surface area contributed by atoms with E-state index < -0.39 is 49.0 Å². The van der Waals surface area contributed by atoms with Gasteiger partial charge in [0.25, 0.3) is 5.56 Å². The van der Waals surface area contributed by atoms with E-state index in [-0.39, 0.29) is 6.54 Å². The van der Waals surface area contributed by atoms with Crippen LogP contribution in [0, 0.1) is 0 Å². The molecule has 1 aromatic heterocycles. The zero-order valence-corrected chi connectivity index (χ0v) is 10.5. The van der Waals surface area contributed by atoms with Crippen molar-refractivity contribution >= 4 is 0 Å². The number of hydrogen-bond donors (Lipinski definition) is 4. The van der Waals surface area contributed by atoms with Crippen molar-refractivity contribution < 1.29 is 25.2 Å². The quantitative estimate of drug-likeness (QED) is 0.454. The van der Waals surface area contributed by atoms with Gasteiger partial charge in [0.05, 0.1) is 19.8 Å². The van der Waals surface area contributed by atoms with Gasteiger partial charge in [-0.05, 0) is 0 Å². The average molecular weight is 288 g/mol. The number of hydrogen-bond acceptors (Lipinski definition) is 7. The third-order valence-corrected chi connectivity index (χ3v) is 3.21. The number of ether oxygens (including phenoxy) is 1. The first-order valence-electron chi connectivity index (χ1n) is 6.06. The fourth-order valence-corrected chi connectivity index (χ4v) is 2.14. The number of nitrogens with zero attached hydrogens (tertiary/aromatic N) is 2. The molecule has 0 spiro atoms. The van der Waals surface area contributed by atoms with Crippen LogP contribution in [0.2, 0.25) is 0 Å². The highest BCUT2D eigenvalue weighted by molar-refractivity contribution is 4.94. The Morgan fingerprint density at radius 3 is 2.45 bits per heavy atom. The standard InChI is InChI=1S/C11H16N2O7/c14-4-3-12-7(16)1-2-13(11(12)19)10-9(18)8(17)6(5-15)20-10/h1-2,6,8-10,14-15,17-18H,3-5H2/t6-,8-,9-,10-/m1/s1. The molecule has 1 aliphatic rings. The van der Waals surface area contributed by atoms with Crippen LogP contribution in [0.1, 0.15) is 6.23 Å². The molecule has 2 heterocycles. The van der Waals surface area contributed by atoms with Gasteiger partial charge in [0.2, 0.25) is 0 Å². The third kappa shape index (κ3) is 2.41. The summed E-state index contributed by atoms with van der Waals surface area (Å²) in [7, 11) is 0. The first-order valence-corrected chi connectivity index (χ1v) is 6.06. The maximum atomic E-state index is 12.1. The van der Waals surface area contributed by atoms with Crippen LogP contribution in [0.25, 0.3) is 0 Å². The Hall–Kier alpha value is -1.52. The SMILES string of the molecule is O=c1ccn([C@@H]2O[C@H](CO)[C@@H](O)[C@H]2O)c(=O)n1CCO. The van der Waals surface area contributed by atoms with Gasteiger partial charge in [-0.2, -0.15) is 0 Å². The molecule has 1 aromatic rings. The van der Waals surface area contributed by atoms with Crippen LogP contribution < -0.4 is 11.2 Å². The minimum atomic E-state index is -1.41. The summed E-state index contributed by atoms with van der Waals surface area (Å²) in [6.45, 7) is -1.10. The molecular weight excluding hydrogens is 272 g/mol. The number of rotatable bonds is 4. The van der Waals surface area contributed by atoms with Crippen molar-refractivity contribution in [3.05, 3.63) is 33.1 Å². The highest BCUT2D eigenvalue weighted by atomic mass is 16.6. The smallest absolute Gasteiger partial charge is 0.333 e. The van der Waals surface area contributed by atoms with Crippen molar-refractivity contribution in [3.8, 4) is 0 Å². The van der Waals surface area contributed by atoms with Gasteiger partial charge >= 0.3 is 5.69 Å². The maximum absolute atomic E-state index is 12.1. The largest absolute Gasteiger partial charge is 0.395 e. The van der Waals surface area contributed by atoms with E-state index in [0.717, 1.165) is 21.4 Å². The predicted octanol–water partition coefficient (Wildman–Crippen LogP) is -3.39. The molecule has 112 valence electrons. The normalized spacial score (nSPS) is 29.8. The van der Waals surface area contributed by atoms with Gasteiger partial charge in [-0.25, -0.2) is 4.79 Å². The zero-order valence-electron chi connectivity index (χ0n) is 10.5. The lowest BCUT2D eigenvalue weighted by atomic mass is 10.1. The van der Waals surface area contributed by atoms with Gasteiger partial charge < -0.3 is 25.2 Å². The van der Waals surface area contributed by atoms with Gasteiger partial charge in [0, 0.05) is 12.3 Å². The van der Waals surface area contributed by atoms with Gasteiger partial charge in [-0.1, -0.05) is 0 Å². The molecule has 2 rings (SSSR count). The second-order valence-electron chi connectivity index (χ2n) is 4.45. The molecule has 9 nitrogen and oxygen atoms in total. The second kappa shape index (κ2) is 5.85. The molecule has 0 unspecified atom stereocenters. The van der Waals surface area contributed by atoms with Crippen molar-refractivity contribution in [3.63, 3.8) is 0 Å². The molecule has 0 amide bonds. The molecule has 20 heavy (non-hydrogen) atoms. The van der Waals surface area contributed by atoms with Crippen LogP contribution in [-0.2, 0) is 11.3 Å². The summed E-state index contributed by atoms with van der Waals surface area (Å²) in [4.78, 5) is 23.6. The summed E-state index contributed by atoms with van der Waals surface area (Å²) in [6.07, 6.45) is -3.83. The molecule has 0 saturated carbocycles. The predicted molar refractivity (Wildman–Crippen MR) is 65.1 cm³/mol. The summed E-state index contributed by atoms with van der Waals surface area (Å²) in [6, 6.07) is 1.09. The van der Waals surface area contributed by atoms with E-state index >= 15 is 0 Å². The lowest BCUT2D eigenvalue weighted by molar-refractivity contribution is -0.0556. The Balaban J connectivity index is 2.42. The molecule has 1 fully saturated rings. The van der Waals surface area contributed by atoms with E-state index in [1.54, 1.807) is 0 Å². The van der Waals surface area contributed by atoms with Crippen LogP contribution in [0.15, 0.2) is 21.9 Å². The van der Waals surface area contributed by atoms with Crippen molar-refractivity contribution in [2.75, 3.05) is 13.2 Å². The Kier molecular flexibility index (Phi) is 4.35.